The Labute approximate surface area is 157 Å². The molecule has 10 heteroatoms. The van der Waals surface area contributed by atoms with Gasteiger partial charge < -0.3 is 14.2 Å². The van der Waals surface area contributed by atoms with Gasteiger partial charge in [-0.15, -0.1) is 0 Å². The van der Waals surface area contributed by atoms with E-state index in [4.69, 9.17) is 14.2 Å². The van der Waals surface area contributed by atoms with Gasteiger partial charge in [-0.2, -0.15) is 13.2 Å². The summed E-state index contributed by atoms with van der Waals surface area (Å²) in [6.45, 7) is -0.633. The topological polar surface area (TPSA) is 85.9 Å². The lowest BCUT2D eigenvalue weighted by Gasteiger charge is -2.25. The number of alkyl halides is 3. The normalized spacial score (nSPS) is 15.5. The van der Waals surface area contributed by atoms with Crippen LogP contribution in [0.1, 0.15) is 5.56 Å². The van der Waals surface area contributed by atoms with E-state index < -0.39 is 36.3 Å². The first-order valence-corrected chi connectivity index (χ1v) is 8.10. The van der Waals surface area contributed by atoms with Crippen LogP contribution >= 0.6 is 0 Å². The van der Waals surface area contributed by atoms with E-state index in [0.29, 0.717) is 11.5 Å². The largest absolute Gasteiger partial charge is 0.485 e. The van der Waals surface area contributed by atoms with Gasteiger partial charge in [0.05, 0.1) is 5.56 Å². The molecular weight excluding hydrogens is 381 g/mol. The van der Waals surface area contributed by atoms with Crippen molar-refractivity contribution in [2.45, 2.75) is 12.3 Å². The second-order valence-corrected chi connectivity index (χ2v) is 5.72. The van der Waals surface area contributed by atoms with Crippen molar-refractivity contribution < 1.29 is 37.0 Å². The second-order valence-electron chi connectivity index (χ2n) is 5.72. The summed E-state index contributed by atoms with van der Waals surface area (Å²) in [5, 5.41) is 0. The number of amides is 2. The summed E-state index contributed by atoms with van der Waals surface area (Å²) in [5.41, 5.74) is 3.35. The molecule has 0 spiro atoms. The molecule has 148 valence electrons. The maximum absolute atomic E-state index is 12.6. The second kappa shape index (κ2) is 8.07. The SMILES string of the molecule is O=C(COc1cccc(C(F)(F)F)c1)NNC(=O)[C@@H]1COc2ccccc2O1. The van der Waals surface area contributed by atoms with Crippen molar-refractivity contribution in [2.24, 2.45) is 0 Å². The summed E-state index contributed by atoms with van der Waals surface area (Å²) < 4.78 is 53.8. The summed E-state index contributed by atoms with van der Waals surface area (Å²) >= 11 is 0. The Morgan fingerprint density at radius 1 is 1.07 bits per heavy atom. The van der Waals surface area contributed by atoms with Crippen molar-refractivity contribution in [1.29, 1.82) is 0 Å². The van der Waals surface area contributed by atoms with E-state index in [-0.39, 0.29) is 12.4 Å². The quantitative estimate of drug-likeness (QED) is 0.773. The first-order chi connectivity index (χ1) is 13.3. The molecule has 7 nitrogen and oxygen atoms in total. The van der Waals surface area contributed by atoms with Gasteiger partial charge in [0.2, 0.25) is 6.10 Å². The number of nitrogens with one attached hydrogen (secondary N) is 2. The fourth-order valence-corrected chi connectivity index (χ4v) is 2.31. The van der Waals surface area contributed by atoms with Crippen LogP contribution in [0.5, 0.6) is 17.2 Å². The van der Waals surface area contributed by atoms with E-state index in [9.17, 15) is 22.8 Å². The Kier molecular flexibility index (Phi) is 5.57. The van der Waals surface area contributed by atoms with E-state index in [1.165, 1.54) is 6.07 Å². The number of hydrogen-bond acceptors (Lipinski definition) is 5. The third kappa shape index (κ3) is 4.84. The molecule has 0 aromatic heterocycles. The van der Waals surface area contributed by atoms with Crippen LogP contribution in [0.15, 0.2) is 48.5 Å². The van der Waals surface area contributed by atoms with Crippen LogP contribution in [0.25, 0.3) is 0 Å². The van der Waals surface area contributed by atoms with Crippen LogP contribution < -0.4 is 25.1 Å². The molecule has 2 aromatic carbocycles. The third-order valence-corrected chi connectivity index (χ3v) is 3.66. The number of hydrazine groups is 1. The Hall–Kier alpha value is -3.43. The standard InChI is InChI=1S/C18H15F3N2O5/c19-18(20,21)11-4-3-5-12(8-11)26-10-16(24)22-23-17(25)15-9-27-13-6-1-2-7-14(13)28-15/h1-8,15H,9-10H2,(H,22,24)(H,23,25)/t15-/m0/s1. The smallest absolute Gasteiger partial charge is 0.416 e. The van der Waals surface area contributed by atoms with Crippen molar-refractivity contribution in [3.63, 3.8) is 0 Å². The minimum absolute atomic E-state index is 0.0422. The molecule has 1 heterocycles. The van der Waals surface area contributed by atoms with Crippen molar-refractivity contribution in [3.05, 3.63) is 54.1 Å². The minimum atomic E-state index is -4.52. The number of para-hydroxylation sites is 2. The lowest BCUT2D eigenvalue weighted by molar-refractivity contribution is -0.137. The third-order valence-electron chi connectivity index (χ3n) is 3.66. The van der Waals surface area contributed by atoms with Crippen molar-refractivity contribution in [1.82, 2.24) is 10.9 Å². The molecule has 2 aromatic rings. The lowest BCUT2D eigenvalue weighted by atomic mass is 10.2. The number of hydrogen-bond donors (Lipinski definition) is 2. The minimum Gasteiger partial charge on any atom is -0.485 e. The highest BCUT2D eigenvalue weighted by Gasteiger charge is 2.31. The molecule has 2 N–H and O–H groups in total. The first-order valence-electron chi connectivity index (χ1n) is 8.10. The predicted octanol–water partition coefficient (Wildman–Crippen LogP) is 2.07. The van der Waals surface area contributed by atoms with Crippen molar-refractivity contribution >= 4 is 11.8 Å². The molecule has 3 rings (SSSR count). The van der Waals surface area contributed by atoms with Gasteiger partial charge in [-0.25, -0.2) is 0 Å². The van der Waals surface area contributed by atoms with E-state index >= 15 is 0 Å². The summed E-state index contributed by atoms with van der Waals surface area (Å²) in [6, 6.07) is 10.9. The molecule has 0 unspecified atom stereocenters. The van der Waals surface area contributed by atoms with Gasteiger partial charge in [-0.1, -0.05) is 18.2 Å². The molecule has 0 bridgehead atoms. The molecule has 1 atom stereocenters. The van der Waals surface area contributed by atoms with E-state index in [1.54, 1.807) is 24.3 Å². The molecular formula is C18H15F3N2O5. The highest BCUT2D eigenvalue weighted by molar-refractivity contribution is 5.85. The van der Waals surface area contributed by atoms with E-state index in [0.717, 1.165) is 18.2 Å². The van der Waals surface area contributed by atoms with E-state index in [2.05, 4.69) is 10.9 Å². The Bertz CT molecular complexity index is 872. The van der Waals surface area contributed by atoms with Crippen LogP contribution in [-0.4, -0.2) is 31.1 Å². The summed E-state index contributed by atoms with van der Waals surface area (Å²) in [7, 11) is 0. The van der Waals surface area contributed by atoms with Crippen LogP contribution in [0.2, 0.25) is 0 Å². The molecule has 1 aliphatic heterocycles. The van der Waals surface area contributed by atoms with Gasteiger partial charge >= 0.3 is 6.18 Å². The number of fused-ring (bicyclic) bond motifs is 1. The average Bonchev–Trinajstić information content (AvgIpc) is 2.69. The van der Waals surface area contributed by atoms with Crippen LogP contribution in [0, 0.1) is 0 Å². The highest BCUT2D eigenvalue weighted by Crippen LogP contribution is 2.31. The molecule has 1 aliphatic rings. The Morgan fingerprint density at radius 3 is 2.57 bits per heavy atom. The number of ether oxygens (including phenoxy) is 3. The maximum Gasteiger partial charge on any atom is 0.416 e. The van der Waals surface area contributed by atoms with Crippen LogP contribution in [-0.2, 0) is 15.8 Å². The summed E-state index contributed by atoms with van der Waals surface area (Å²) in [4.78, 5) is 23.8. The Morgan fingerprint density at radius 2 is 1.82 bits per heavy atom. The van der Waals surface area contributed by atoms with Gasteiger partial charge in [0.25, 0.3) is 11.8 Å². The molecule has 28 heavy (non-hydrogen) atoms. The van der Waals surface area contributed by atoms with E-state index in [1.807, 2.05) is 0 Å². The lowest BCUT2D eigenvalue weighted by Crippen LogP contribution is -2.51. The number of halogens is 3. The van der Waals surface area contributed by atoms with Crippen LogP contribution in [0.4, 0.5) is 13.2 Å². The first kappa shape index (κ1) is 19.3. The molecule has 0 saturated carbocycles. The fraction of sp³-hybridized carbons (Fsp3) is 0.222. The molecule has 0 fully saturated rings. The summed E-state index contributed by atoms with van der Waals surface area (Å²) in [6.07, 6.45) is -5.49. The number of benzene rings is 2. The molecule has 0 aliphatic carbocycles. The number of carbonyl (C=O) groups excluding carboxylic acids is 2. The predicted molar refractivity (Wildman–Crippen MR) is 89.6 cm³/mol. The number of carbonyl (C=O) groups is 2. The zero-order chi connectivity index (χ0) is 20.1. The van der Waals surface area contributed by atoms with Gasteiger partial charge in [-0.3, -0.25) is 20.4 Å². The van der Waals surface area contributed by atoms with Crippen molar-refractivity contribution in [2.75, 3.05) is 13.2 Å². The molecule has 0 saturated heterocycles. The zero-order valence-electron chi connectivity index (χ0n) is 14.3. The fourth-order valence-electron chi connectivity index (χ4n) is 2.31. The van der Waals surface area contributed by atoms with Crippen molar-refractivity contribution in [3.8, 4) is 17.2 Å². The average molecular weight is 396 g/mol. The zero-order valence-corrected chi connectivity index (χ0v) is 14.3. The summed E-state index contributed by atoms with van der Waals surface area (Å²) in [5.74, 6) is -0.639. The van der Waals surface area contributed by atoms with Gasteiger partial charge in [0, 0.05) is 0 Å². The maximum atomic E-state index is 12.6. The van der Waals surface area contributed by atoms with Gasteiger partial charge in [0.15, 0.2) is 18.1 Å². The molecule has 0 radical (unpaired) electrons. The van der Waals surface area contributed by atoms with Crippen LogP contribution in [0.3, 0.4) is 0 Å². The monoisotopic (exact) mass is 396 g/mol. The number of rotatable bonds is 4. The highest BCUT2D eigenvalue weighted by atomic mass is 19.4. The van der Waals surface area contributed by atoms with Gasteiger partial charge in [-0.05, 0) is 30.3 Å². The van der Waals surface area contributed by atoms with Gasteiger partial charge in [0.1, 0.15) is 12.4 Å². The Balaban J connectivity index is 1.45. The molecule has 2 amide bonds.